The molecule has 2 heterocycles. The van der Waals surface area contributed by atoms with Crippen LogP contribution in [0, 0.1) is 25.5 Å². The zero-order chi connectivity index (χ0) is 17.1. The minimum atomic E-state index is 0.288. The van der Waals surface area contributed by atoms with Crippen molar-refractivity contribution in [2.24, 2.45) is 5.10 Å². The fourth-order valence-corrected chi connectivity index (χ4v) is 3.31. The maximum atomic E-state index is 5.85. The molecule has 0 radical (unpaired) electrons. The smallest absolute Gasteiger partial charge is 0.216 e. The highest BCUT2D eigenvalue weighted by molar-refractivity contribution is 7.71. The van der Waals surface area contributed by atoms with Gasteiger partial charge in [0, 0.05) is 0 Å². The molecule has 0 aliphatic rings. The van der Waals surface area contributed by atoms with E-state index in [1.54, 1.807) is 22.2 Å². The molecule has 3 rings (SSSR count). The van der Waals surface area contributed by atoms with Gasteiger partial charge in [-0.3, -0.25) is 0 Å². The van der Waals surface area contributed by atoms with Crippen molar-refractivity contribution >= 4 is 29.8 Å². The number of aromatic amines is 1. The van der Waals surface area contributed by atoms with Crippen molar-refractivity contribution < 1.29 is 4.74 Å². The topological polar surface area (TPSA) is 55.2 Å². The predicted molar refractivity (Wildman–Crippen MR) is 99.7 cm³/mol. The number of hydrogen-bond donors (Lipinski definition) is 1. The molecule has 0 aliphatic carbocycles. The molecular weight excluding hydrogens is 340 g/mol. The normalized spacial score (nSPS) is 11.3. The Morgan fingerprint density at radius 2 is 2.04 bits per heavy atom. The number of nitrogens with zero attached hydrogens (tertiary/aromatic N) is 3. The zero-order valence-electron chi connectivity index (χ0n) is 13.7. The summed E-state index contributed by atoms with van der Waals surface area (Å²) in [6.45, 7) is 6.43. The largest absolute Gasteiger partial charge is 0.486 e. The number of thiophene rings is 1. The third-order valence-corrected chi connectivity index (χ3v) is 4.69. The van der Waals surface area contributed by atoms with Crippen LogP contribution in [0.25, 0.3) is 0 Å². The van der Waals surface area contributed by atoms with E-state index in [4.69, 9.17) is 17.0 Å². The van der Waals surface area contributed by atoms with Crippen LogP contribution >= 0.6 is 23.6 Å². The molecule has 1 aromatic carbocycles. The van der Waals surface area contributed by atoms with E-state index in [9.17, 15) is 0 Å². The third kappa shape index (κ3) is 3.80. The first-order valence-electron chi connectivity index (χ1n) is 7.49. The average molecular weight is 358 g/mol. The summed E-state index contributed by atoms with van der Waals surface area (Å²) < 4.78 is 7.89. The van der Waals surface area contributed by atoms with Gasteiger partial charge in [-0.2, -0.15) is 14.9 Å². The Hall–Kier alpha value is -2.25. The first-order chi connectivity index (χ1) is 11.5. The van der Waals surface area contributed by atoms with Crippen molar-refractivity contribution in [1.29, 1.82) is 0 Å². The SMILES string of the molecule is Cc1cc(C)cc(OCc2n[nH]c(=S)n2/N=C\c2sccc2C)c1. The molecule has 0 bridgehead atoms. The molecule has 24 heavy (non-hydrogen) atoms. The Balaban J connectivity index is 1.79. The Morgan fingerprint density at radius 3 is 2.71 bits per heavy atom. The summed E-state index contributed by atoms with van der Waals surface area (Å²) in [5, 5.41) is 13.5. The summed E-state index contributed by atoms with van der Waals surface area (Å²) in [6.07, 6.45) is 1.80. The number of benzene rings is 1. The summed E-state index contributed by atoms with van der Waals surface area (Å²) in [5.74, 6) is 1.44. The van der Waals surface area contributed by atoms with Crippen molar-refractivity contribution in [3.8, 4) is 5.75 Å². The van der Waals surface area contributed by atoms with E-state index in [2.05, 4.69) is 34.4 Å². The summed E-state index contributed by atoms with van der Waals surface area (Å²) in [6, 6.07) is 8.16. The van der Waals surface area contributed by atoms with Gasteiger partial charge < -0.3 is 4.74 Å². The number of aromatic nitrogens is 3. The monoisotopic (exact) mass is 358 g/mol. The average Bonchev–Trinajstić information content (AvgIpc) is 3.08. The Bertz CT molecular complexity index is 916. The van der Waals surface area contributed by atoms with Crippen LogP contribution in [-0.4, -0.2) is 21.1 Å². The van der Waals surface area contributed by atoms with Crippen LogP contribution in [-0.2, 0) is 6.61 Å². The lowest BCUT2D eigenvalue weighted by Crippen LogP contribution is -2.04. The van der Waals surface area contributed by atoms with Crippen molar-refractivity contribution in [2.45, 2.75) is 27.4 Å². The van der Waals surface area contributed by atoms with Crippen LogP contribution in [0.2, 0.25) is 0 Å². The number of H-pyrrole nitrogens is 1. The second-order valence-corrected chi connectivity index (χ2v) is 6.92. The van der Waals surface area contributed by atoms with Crippen LogP contribution in [0.4, 0.5) is 0 Å². The standard InChI is InChI=1S/C17H18N4OS2/c1-11-6-12(2)8-14(7-11)22-10-16-19-20-17(23)21(16)18-9-15-13(3)4-5-24-15/h4-9H,10H2,1-3H3,(H,20,23)/b18-9-. The van der Waals surface area contributed by atoms with Crippen molar-refractivity contribution in [1.82, 2.24) is 14.9 Å². The Labute approximate surface area is 149 Å². The van der Waals surface area contributed by atoms with Crippen LogP contribution in [0.3, 0.4) is 0 Å². The highest BCUT2D eigenvalue weighted by Gasteiger charge is 2.07. The molecule has 3 aromatic rings. The van der Waals surface area contributed by atoms with Crippen molar-refractivity contribution in [3.63, 3.8) is 0 Å². The molecule has 0 aliphatic heterocycles. The fraction of sp³-hybridized carbons (Fsp3) is 0.235. The van der Waals surface area contributed by atoms with Gasteiger partial charge >= 0.3 is 0 Å². The molecule has 0 saturated heterocycles. The fourth-order valence-electron chi connectivity index (χ4n) is 2.33. The summed E-state index contributed by atoms with van der Waals surface area (Å²) in [7, 11) is 0. The molecule has 0 saturated carbocycles. The number of ether oxygens (including phenoxy) is 1. The Kier molecular flexibility index (Phi) is 4.92. The highest BCUT2D eigenvalue weighted by Crippen LogP contribution is 2.17. The van der Waals surface area contributed by atoms with E-state index in [0.717, 1.165) is 21.8 Å². The Morgan fingerprint density at radius 1 is 1.29 bits per heavy atom. The molecule has 7 heteroatoms. The molecular formula is C17H18N4OS2. The first kappa shape index (κ1) is 16.6. The molecule has 1 N–H and O–H groups in total. The van der Waals surface area contributed by atoms with Crippen LogP contribution < -0.4 is 4.74 Å². The van der Waals surface area contributed by atoms with E-state index in [0.29, 0.717) is 10.6 Å². The van der Waals surface area contributed by atoms with Gasteiger partial charge in [-0.05, 0) is 73.3 Å². The number of hydrogen-bond acceptors (Lipinski definition) is 5. The van der Waals surface area contributed by atoms with Crippen molar-refractivity contribution in [3.05, 3.63) is 61.8 Å². The molecule has 0 spiro atoms. The van der Waals surface area contributed by atoms with Gasteiger partial charge in [0.2, 0.25) is 4.77 Å². The van der Waals surface area contributed by atoms with E-state index < -0.39 is 0 Å². The summed E-state index contributed by atoms with van der Waals surface area (Å²) in [4.78, 5) is 1.10. The summed E-state index contributed by atoms with van der Waals surface area (Å²) in [5.41, 5.74) is 3.51. The molecule has 0 atom stereocenters. The molecule has 2 aromatic heterocycles. The lowest BCUT2D eigenvalue weighted by molar-refractivity contribution is 0.290. The lowest BCUT2D eigenvalue weighted by atomic mass is 10.1. The third-order valence-electron chi connectivity index (χ3n) is 3.47. The molecule has 124 valence electrons. The van der Waals surface area contributed by atoms with Crippen molar-refractivity contribution in [2.75, 3.05) is 0 Å². The predicted octanol–water partition coefficient (Wildman–Crippen LogP) is 4.39. The van der Waals surface area contributed by atoms with E-state index in [-0.39, 0.29) is 6.61 Å². The maximum absolute atomic E-state index is 5.85. The quantitative estimate of drug-likeness (QED) is 0.544. The van der Waals surface area contributed by atoms with Crippen LogP contribution in [0.5, 0.6) is 5.75 Å². The van der Waals surface area contributed by atoms with Gasteiger partial charge in [0.25, 0.3) is 0 Å². The van der Waals surface area contributed by atoms with Gasteiger partial charge in [0.05, 0.1) is 11.1 Å². The molecule has 0 unspecified atom stereocenters. The molecule has 5 nitrogen and oxygen atoms in total. The van der Waals surface area contributed by atoms with Crippen LogP contribution in [0.15, 0.2) is 34.7 Å². The summed E-state index contributed by atoms with van der Waals surface area (Å²) >= 11 is 6.89. The van der Waals surface area contributed by atoms with Crippen LogP contribution in [0.1, 0.15) is 27.4 Å². The number of nitrogens with one attached hydrogen (secondary N) is 1. The highest BCUT2D eigenvalue weighted by atomic mass is 32.1. The van der Waals surface area contributed by atoms with Gasteiger partial charge in [0.15, 0.2) is 5.82 Å². The minimum Gasteiger partial charge on any atom is -0.486 e. The van der Waals surface area contributed by atoms with Gasteiger partial charge in [-0.1, -0.05) is 6.07 Å². The second-order valence-electron chi connectivity index (χ2n) is 5.58. The van der Waals surface area contributed by atoms with E-state index in [1.807, 2.05) is 31.4 Å². The number of rotatable bonds is 5. The zero-order valence-corrected chi connectivity index (χ0v) is 15.4. The maximum Gasteiger partial charge on any atom is 0.216 e. The lowest BCUT2D eigenvalue weighted by Gasteiger charge is -2.07. The first-order valence-corrected chi connectivity index (χ1v) is 8.77. The van der Waals surface area contributed by atoms with Gasteiger partial charge in [-0.15, -0.1) is 11.3 Å². The minimum absolute atomic E-state index is 0.288. The van der Waals surface area contributed by atoms with Gasteiger partial charge in [-0.25, -0.2) is 5.10 Å². The molecule has 0 amide bonds. The van der Waals surface area contributed by atoms with E-state index in [1.165, 1.54) is 5.56 Å². The second kappa shape index (κ2) is 7.11. The van der Waals surface area contributed by atoms with E-state index >= 15 is 0 Å². The van der Waals surface area contributed by atoms with Gasteiger partial charge in [0.1, 0.15) is 12.4 Å². The number of aryl methyl sites for hydroxylation is 3. The molecule has 0 fully saturated rings.